The average molecular weight is 286 g/mol. The Bertz CT molecular complexity index is 587. The Kier molecular flexibility index (Phi) is 6.15. The molecular formula is C16H18N2O3. The van der Waals surface area contributed by atoms with Crippen molar-refractivity contribution >= 4 is 18.0 Å². The molecule has 0 aliphatic rings. The fourth-order valence-electron chi connectivity index (χ4n) is 1.78. The van der Waals surface area contributed by atoms with Gasteiger partial charge < -0.3 is 9.64 Å². The minimum Gasteiger partial charge on any atom is -0.469 e. The lowest BCUT2D eigenvalue weighted by Crippen LogP contribution is -2.33. The van der Waals surface area contributed by atoms with Crippen LogP contribution in [0.4, 0.5) is 0 Å². The molecule has 0 bridgehead atoms. The van der Waals surface area contributed by atoms with Crippen molar-refractivity contribution in [1.29, 1.82) is 5.26 Å². The van der Waals surface area contributed by atoms with Crippen LogP contribution < -0.4 is 0 Å². The van der Waals surface area contributed by atoms with E-state index in [9.17, 15) is 9.59 Å². The van der Waals surface area contributed by atoms with Crippen LogP contribution >= 0.6 is 0 Å². The summed E-state index contributed by atoms with van der Waals surface area (Å²) in [6, 6.07) is 9.00. The van der Waals surface area contributed by atoms with Crippen molar-refractivity contribution in [2.45, 2.75) is 6.92 Å². The number of nitriles is 1. The van der Waals surface area contributed by atoms with Crippen LogP contribution in [0.1, 0.15) is 18.1 Å². The van der Waals surface area contributed by atoms with Gasteiger partial charge in [0, 0.05) is 19.7 Å². The number of likely N-dealkylation sites (N-methyl/N-ethyl adjacent to an activating group) is 1. The molecule has 110 valence electrons. The standard InChI is InChI=1S/C16H18N2O3/c1-12(16(20)21-3)11-18(2)15(19)8-7-13-5-4-6-14(9-13)10-17/h4-9,12H,11H2,1-3H3. The van der Waals surface area contributed by atoms with Gasteiger partial charge in [-0.1, -0.05) is 19.1 Å². The Morgan fingerprint density at radius 1 is 1.48 bits per heavy atom. The second-order valence-corrected chi connectivity index (χ2v) is 4.71. The maximum atomic E-state index is 11.9. The molecule has 0 aromatic heterocycles. The lowest BCUT2D eigenvalue weighted by Gasteiger charge is -2.18. The smallest absolute Gasteiger partial charge is 0.310 e. The molecule has 1 aromatic rings. The number of hydrogen-bond acceptors (Lipinski definition) is 4. The van der Waals surface area contributed by atoms with Gasteiger partial charge in [0.05, 0.1) is 24.7 Å². The molecule has 0 saturated carbocycles. The van der Waals surface area contributed by atoms with E-state index in [2.05, 4.69) is 4.74 Å². The van der Waals surface area contributed by atoms with Crippen LogP contribution in [0, 0.1) is 17.2 Å². The summed E-state index contributed by atoms with van der Waals surface area (Å²) in [6.07, 6.45) is 3.06. The molecule has 5 nitrogen and oxygen atoms in total. The minimum atomic E-state index is -0.376. The third kappa shape index (κ3) is 5.11. The van der Waals surface area contributed by atoms with Gasteiger partial charge in [-0.3, -0.25) is 9.59 Å². The predicted octanol–water partition coefficient (Wildman–Crippen LogP) is 1.84. The molecule has 0 aliphatic heterocycles. The largest absolute Gasteiger partial charge is 0.469 e. The van der Waals surface area contributed by atoms with E-state index in [1.54, 1.807) is 38.2 Å². The molecule has 1 atom stereocenters. The van der Waals surface area contributed by atoms with E-state index >= 15 is 0 Å². The highest BCUT2D eigenvalue weighted by atomic mass is 16.5. The average Bonchev–Trinajstić information content (AvgIpc) is 2.51. The van der Waals surface area contributed by atoms with Gasteiger partial charge in [0.1, 0.15) is 0 Å². The highest BCUT2D eigenvalue weighted by Gasteiger charge is 2.17. The number of nitrogens with zero attached hydrogens (tertiary/aromatic N) is 2. The molecule has 1 amide bonds. The Labute approximate surface area is 124 Å². The van der Waals surface area contributed by atoms with E-state index < -0.39 is 0 Å². The van der Waals surface area contributed by atoms with Gasteiger partial charge in [-0.15, -0.1) is 0 Å². The molecular weight excluding hydrogens is 268 g/mol. The number of carbonyl (C=O) groups excluding carboxylic acids is 2. The Morgan fingerprint density at radius 2 is 2.19 bits per heavy atom. The van der Waals surface area contributed by atoms with Crippen molar-refractivity contribution in [3.05, 3.63) is 41.5 Å². The molecule has 21 heavy (non-hydrogen) atoms. The van der Waals surface area contributed by atoms with Crippen molar-refractivity contribution in [2.75, 3.05) is 20.7 Å². The van der Waals surface area contributed by atoms with Crippen molar-refractivity contribution in [2.24, 2.45) is 5.92 Å². The van der Waals surface area contributed by atoms with Gasteiger partial charge >= 0.3 is 5.97 Å². The van der Waals surface area contributed by atoms with Crippen molar-refractivity contribution in [3.63, 3.8) is 0 Å². The summed E-state index contributed by atoms with van der Waals surface area (Å²) in [6.45, 7) is 1.99. The molecule has 5 heteroatoms. The van der Waals surface area contributed by atoms with Crippen LogP contribution in [0.25, 0.3) is 6.08 Å². The zero-order chi connectivity index (χ0) is 15.8. The zero-order valence-corrected chi connectivity index (χ0v) is 12.4. The normalized spacial score (nSPS) is 11.7. The first kappa shape index (κ1) is 16.4. The summed E-state index contributed by atoms with van der Waals surface area (Å²) < 4.78 is 4.62. The summed E-state index contributed by atoms with van der Waals surface area (Å²) in [4.78, 5) is 24.7. The fraction of sp³-hybridized carbons (Fsp3) is 0.312. The second-order valence-electron chi connectivity index (χ2n) is 4.71. The molecule has 1 aromatic carbocycles. The maximum Gasteiger partial charge on any atom is 0.310 e. The Morgan fingerprint density at radius 3 is 2.81 bits per heavy atom. The molecule has 0 spiro atoms. The van der Waals surface area contributed by atoms with Gasteiger partial charge in [0.15, 0.2) is 0 Å². The number of carbonyl (C=O) groups is 2. The first-order valence-corrected chi connectivity index (χ1v) is 6.49. The van der Waals surface area contributed by atoms with Gasteiger partial charge in [0.2, 0.25) is 5.91 Å². The van der Waals surface area contributed by atoms with E-state index in [0.29, 0.717) is 5.56 Å². The summed E-state index contributed by atoms with van der Waals surface area (Å²) >= 11 is 0. The zero-order valence-electron chi connectivity index (χ0n) is 12.4. The number of esters is 1. The summed E-state index contributed by atoms with van der Waals surface area (Å²) in [5.41, 5.74) is 1.31. The predicted molar refractivity (Wildman–Crippen MR) is 79.0 cm³/mol. The monoisotopic (exact) mass is 286 g/mol. The van der Waals surface area contributed by atoms with E-state index in [4.69, 9.17) is 5.26 Å². The first-order valence-electron chi connectivity index (χ1n) is 6.49. The first-order chi connectivity index (χ1) is 9.97. The number of ether oxygens (including phenoxy) is 1. The van der Waals surface area contributed by atoms with Gasteiger partial charge in [-0.05, 0) is 23.8 Å². The van der Waals surface area contributed by atoms with Crippen LogP contribution in [0.3, 0.4) is 0 Å². The van der Waals surface area contributed by atoms with Gasteiger partial charge in [0.25, 0.3) is 0 Å². The lowest BCUT2D eigenvalue weighted by atomic mass is 10.1. The number of benzene rings is 1. The number of methoxy groups -OCH3 is 1. The van der Waals surface area contributed by atoms with Gasteiger partial charge in [-0.25, -0.2) is 0 Å². The summed E-state index contributed by atoms with van der Waals surface area (Å²) in [7, 11) is 2.94. The van der Waals surface area contributed by atoms with Crippen LogP contribution in [0.5, 0.6) is 0 Å². The molecule has 1 rings (SSSR count). The van der Waals surface area contributed by atoms with Crippen LogP contribution in [0.2, 0.25) is 0 Å². The minimum absolute atomic E-state index is 0.215. The molecule has 1 unspecified atom stereocenters. The lowest BCUT2D eigenvalue weighted by molar-refractivity contribution is -0.145. The Balaban J connectivity index is 2.65. The number of hydrogen-bond donors (Lipinski definition) is 0. The molecule has 0 aliphatic carbocycles. The third-order valence-electron chi connectivity index (χ3n) is 2.96. The SMILES string of the molecule is COC(=O)C(C)CN(C)C(=O)C=Cc1cccc(C#N)c1. The number of amides is 1. The number of rotatable bonds is 5. The Hall–Kier alpha value is -2.61. The van der Waals surface area contributed by atoms with E-state index in [-0.39, 0.29) is 24.3 Å². The molecule has 0 saturated heterocycles. The van der Waals surface area contributed by atoms with Gasteiger partial charge in [-0.2, -0.15) is 5.26 Å². The second kappa shape index (κ2) is 7.85. The molecule has 0 heterocycles. The summed E-state index contributed by atoms with van der Waals surface area (Å²) in [5.74, 6) is -0.937. The van der Waals surface area contributed by atoms with E-state index in [0.717, 1.165) is 5.56 Å². The topological polar surface area (TPSA) is 70.4 Å². The van der Waals surface area contributed by atoms with E-state index in [1.165, 1.54) is 18.1 Å². The maximum absolute atomic E-state index is 11.9. The highest BCUT2D eigenvalue weighted by Crippen LogP contribution is 2.07. The van der Waals surface area contributed by atoms with Crippen molar-refractivity contribution in [3.8, 4) is 6.07 Å². The summed E-state index contributed by atoms with van der Waals surface area (Å²) in [5, 5.41) is 8.81. The quantitative estimate of drug-likeness (QED) is 0.611. The van der Waals surface area contributed by atoms with Crippen molar-refractivity contribution < 1.29 is 14.3 Å². The molecule has 0 fully saturated rings. The van der Waals surface area contributed by atoms with Crippen molar-refractivity contribution in [1.82, 2.24) is 4.90 Å². The van der Waals surface area contributed by atoms with Crippen LogP contribution in [-0.2, 0) is 14.3 Å². The van der Waals surface area contributed by atoms with E-state index in [1.807, 2.05) is 12.1 Å². The highest BCUT2D eigenvalue weighted by molar-refractivity contribution is 5.91. The molecule has 0 N–H and O–H groups in total. The molecule has 0 radical (unpaired) electrons. The third-order valence-corrected chi connectivity index (χ3v) is 2.96. The van der Waals surface area contributed by atoms with Crippen LogP contribution in [-0.4, -0.2) is 37.5 Å². The fourth-order valence-corrected chi connectivity index (χ4v) is 1.78. The van der Waals surface area contributed by atoms with Crippen LogP contribution in [0.15, 0.2) is 30.3 Å².